The van der Waals surface area contributed by atoms with Gasteiger partial charge in [0.25, 0.3) is 5.91 Å². The highest BCUT2D eigenvalue weighted by molar-refractivity contribution is 5.94. The molecule has 2 N–H and O–H groups in total. The van der Waals surface area contributed by atoms with Crippen LogP contribution in [0.25, 0.3) is 11.3 Å². The molecule has 1 atom stereocenters. The largest absolute Gasteiger partial charge is 0.366 e. The van der Waals surface area contributed by atoms with E-state index in [1.807, 2.05) is 6.07 Å². The molecule has 30 heavy (non-hydrogen) atoms. The zero-order valence-electron chi connectivity index (χ0n) is 16.3. The minimum absolute atomic E-state index is 0.00378. The number of hydrogen-bond acceptors (Lipinski definition) is 4. The number of nitrogens with zero attached hydrogens (tertiary/aromatic N) is 3. The third kappa shape index (κ3) is 4.05. The van der Waals surface area contributed by atoms with Crippen LogP contribution in [-0.4, -0.2) is 39.8 Å². The van der Waals surface area contributed by atoms with E-state index in [0.29, 0.717) is 29.9 Å². The van der Waals surface area contributed by atoms with Crippen LogP contribution in [0.2, 0.25) is 0 Å². The fourth-order valence-corrected chi connectivity index (χ4v) is 3.85. The number of primary amides is 1. The van der Waals surface area contributed by atoms with Crippen molar-refractivity contribution >= 4 is 11.8 Å². The molecule has 1 saturated heterocycles. The predicted molar refractivity (Wildman–Crippen MR) is 110 cm³/mol. The summed E-state index contributed by atoms with van der Waals surface area (Å²) >= 11 is 0. The number of carbonyl (C=O) groups is 2. The SMILES string of the molecule is NC(=O)c1cccc(-c2nccnc2C2CCCN(C(=O)c3ccc(F)cc3)C2)c1. The van der Waals surface area contributed by atoms with E-state index in [9.17, 15) is 14.0 Å². The molecule has 2 amide bonds. The van der Waals surface area contributed by atoms with E-state index < -0.39 is 5.91 Å². The normalized spacial score (nSPS) is 16.3. The molecule has 0 spiro atoms. The summed E-state index contributed by atoms with van der Waals surface area (Å²) in [7, 11) is 0. The van der Waals surface area contributed by atoms with Gasteiger partial charge in [-0.2, -0.15) is 0 Å². The number of benzene rings is 2. The second-order valence-electron chi connectivity index (χ2n) is 7.33. The number of carbonyl (C=O) groups excluding carboxylic acids is 2. The maximum Gasteiger partial charge on any atom is 0.253 e. The fourth-order valence-electron chi connectivity index (χ4n) is 3.85. The Morgan fingerprint density at radius 2 is 1.80 bits per heavy atom. The van der Waals surface area contributed by atoms with Crippen molar-refractivity contribution in [2.75, 3.05) is 13.1 Å². The average molecular weight is 404 g/mol. The summed E-state index contributed by atoms with van der Waals surface area (Å²) < 4.78 is 13.2. The van der Waals surface area contributed by atoms with Crippen LogP contribution < -0.4 is 5.73 Å². The number of aromatic nitrogens is 2. The Bertz CT molecular complexity index is 1080. The molecule has 152 valence electrons. The summed E-state index contributed by atoms with van der Waals surface area (Å²) in [5.74, 6) is -0.994. The molecule has 7 heteroatoms. The minimum Gasteiger partial charge on any atom is -0.366 e. The zero-order valence-corrected chi connectivity index (χ0v) is 16.3. The van der Waals surface area contributed by atoms with Crippen LogP contribution in [-0.2, 0) is 0 Å². The van der Waals surface area contributed by atoms with Crippen molar-refractivity contribution in [2.45, 2.75) is 18.8 Å². The van der Waals surface area contributed by atoms with E-state index in [4.69, 9.17) is 5.73 Å². The van der Waals surface area contributed by atoms with Gasteiger partial charge in [-0.1, -0.05) is 12.1 Å². The summed E-state index contributed by atoms with van der Waals surface area (Å²) in [6.45, 7) is 1.14. The molecule has 6 nitrogen and oxygen atoms in total. The third-order valence-electron chi connectivity index (χ3n) is 5.33. The van der Waals surface area contributed by atoms with Gasteiger partial charge in [0.1, 0.15) is 5.82 Å². The first-order valence-electron chi connectivity index (χ1n) is 9.79. The molecule has 0 bridgehead atoms. The quantitative estimate of drug-likeness (QED) is 0.722. The predicted octanol–water partition coefficient (Wildman–Crippen LogP) is 3.40. The molecule has 1 aliphatic rings. The molecule has 1 unspecified atom stereocenters. The van der Waals surface area contributed by atoms with E-state index in [2.05, 4.69) is 9.97 Å². The lowest BCUT2D eigenvalue weighted by molar-refractivity contribution is 0.0705. The highest BCUT2D eigenvalue weighted by Gasteiger charge is 2.28. The first kappa shape index (κ1) is 19.7. The molecular formula is C23H21FN4O2. The van der Waals surface area contributed by atoms with Crippen LogP contribution in [0.5, 0.6) is 0 Å². The standard InChI is InChI=1S/C23H21FN4O2/c24-19-8-6-15(7-9-19)23(30)28-12-2-5-18(14-28)21-20(26-10-11-27-21)16-3-1-4-17(13-16)22(25)29/h1,3-4,6-11,13,18H,2,5,12,14H2,(H2,25,29). The van der Waals surface area contributed by atoms with Crippen molar-refractivity contribution in [3.8, 4) is 11.3 Å². The van der Waals surface area contributed by atoms with Gasteiger partial charge >= 0.3 is 0 Å². The Morgan fingerprint density at radius 3 is 2.57 bits per heavy atom. The van der Waals surface area contributed by atoms with E-state index in [1.165, 1.54) is 24.3 Å². The molecule has 2 heterocycles. The van der Waals surface area contributed by atoms with Gasteiger partial charge in [0.15, 0.2) is 0 Å². The van der Waals surface area contributed by atoms with Gasteiger partial charge in [0, 0.05) is 48.1 Å². The van der Waals surface area contributed by atoms with E-state index in [-0.39, 0.29) is 17.6 Å². The summed E-state index contributed by atoms with van der Waals surface area (Å²) in [4.78, 5) is 35.3. The summed E-state index contributed by atoms with van der Waals surface area (Å²) in [5.41, 5.74) is 8.51. The van der Waals surface area contributed by atoms with E-state index in [0.717, 1.165) is 24.1 Å². The van der Waals surface area contributed by atoms with Gasteiger partial charge in [-0.3, -0.25) is 19.6 Å². The van der Waals surface area contributed by atoms with Crippen LogP contribution in [0.15, 0.2) is 60.9 Å². The van der Waals surface area contributed by atoms with Crippen molar-refractivity contribution in [3.05, 3.63) is 83.6 Å². The molecule has 0 aliphatic carbocycles. The second kappa shape index (κ2) is 8.41. The molecule has 3 aromatic rings. The van der Waals surface area contributed by atoms with Gasteiger partial charge in [0.2, 0.25) is 5.91 Å². The van der Waals surface area contributed by atoms with Crippen molar-refractivity contribution < 1.29 is 14.0 Å². The van der Waals surface area contributed by atoms with Gasteiger partial charge in [-0.15, -0.1) is 0 Å². The summed E-state index contributed by atoms with van der Waals surface area (Å²) in [6.07, 6.45) is 4.95. The van der Waals surface area contributed by atoms with Crippen LogP contribution in [0.4, 0.5) is 4.39 Å². The molecule has 2 aromatic carbocycles. The van der Waals surface area contributed by atoms with Gasteiger partial charge in [-0.25, -0.2) is 4.39 Å². The maximum absolute atomic E-state index is 13.2. The van der Waals surface area contributed by atoms with Crippen molar-refractivity contribution in [2.24, 2.45) is 5.73 Å². The smallest absolute Gasteiger partial charge is 0.253 e. The zero-order chi connectivity index (χ0) is 21.1. The lowest BCUT2D eigenvalue weighted by Crippen LogP contribution is -2.39. The number of piperidine rings is 1. The molecule has 0 saturated carbocycles. The topological polar surface area (TPSA) is 89.2 Å². The molecule has 4 rings (SSSR count). The van der Waals surface area contributed by atoms with Crippen molar-refractivity contribution in [1.82, 2.24) is 14.9 Å². The highest BCUT2D eigenvalue weighted by Crippen LogP contribution is 2.32. The molecule has 1 aliphatic heterocycles. The Kier molecular flexibility index (Phi) is 5.52. The van der Waals surface area contributed by atoms with Gasteiger partial charge in [0.05, 0.1) is 11.4 Å². The Hall–Kier alpha value is -3.61. The fraction of sp³-hybridized carbons (Fsp3) is 0.217. The van der Waals surface area contributed by atoms with E-state index >= 15 is 0 Å². The first-order chi connectivity index (χ1) is 14.5. The third-order valence-corrected chi connectivity index (χ3v) is 5.33. The van der Waals surface area contributed by atoms with E-state index in [1.54, 1.807) is 35.5 Å². The van der Waals surface area contributed by atoms with Crippen LogP contribution >= 0.6 is 0 Å². The van der Waals surface area contributed by atoms with Gasteiger partial charge < -0.3 is 10.6 Å². The number of likely N-dealkylation sites (tertiary alicyclic amines) is 1. The highest BCUT2D eigenvalue weighted by atomic mass is 19.1. The van der Waals surface area contributed by atoms with Gasteiger partial charge in [-0.05, 0) is 49.2 Å². The average Bonchev–Trinajstić information content (AvgIpc) is 2.79. The summed E-state index contributed by atoms with van der Waals surface area (Å²) in [5, 5.41) is 0. The Labute approximate surface area is 173 Å². The lowest BCUT2D eigenvalue weighted by atomic mass is 9.90. The summed E-state index contributed by atoms with van der Waals surface area (Å²) in [6, 6.07) is 12.6. The number of amides is 2. The second-order valence-corrected chi connectivity index (χ2v) is 7.33. The maximum atomic E-state index is 13.2. The lowest BCUT2D eigenvalue weighted by Gasteiger charge is -2.33. The minimum atomic E-state index is -0.504. The van der Waals surface area contributed by atoms with Crippen LogP contribution in [0.3, 0.4) is 0 Å². The van der Waals surface area contributed by atoms with Crippen LogP contribution in [0, 0.1) is 5.82 Å². The first-order valence-corrected chi connectivity index (χ1v) is 9.79. The number of rotatable bonds is 4. The number of halogens is 1. The number of nitrogens with two attached hydrogens (primary N) is 1. The monoisotopic (exact) mass is 404 g/mol. The molecular weight excluding hydrogens is 383 g/mol. The Morgan fingerprint density at radius 1 is 1.03 bits per heavy atom. The van der Waals surface area contributed by atoms with Crippen molar-refractivity contribution in [3.63, 3.8) is 0 Å². The number of hydrogen-bond donors (Lipinski definition) is 1. The van der Waals surface area contributed by atoms with Crippen LogP contribution in [0.1, 0.15) is 45.2 Å². The molecule has 0 radical (unpaired) electrons. The van der Waals surface area contributed by atoms with Crippen molar-refractivity contribution in [1.29, 1.82) is 0 Å². The molecule has 1 aromatic heterocycles. The Balaban J connectivity index is 1.62. The molecule has 1 fully saturated rings.